The van der Waals surface area contributed by atoms with Crippen molar-refractivity contribution in [1.82, 2.24) is 15.1 Å². The van der Waals surface area contributed by atoms with Gasteiger partial charge in [-0.1, -0.05) is 12.1 Å². The highest BCUT2D eigenvalue weighted by atomic mass is 16.5. The van der Waals surface area contributed by atoms with E-state index in [1.54, 1.807) is 11.0 Å². The van der Waals surface area contributed by atoms with Crippen molar-refractivity contribution in [3.63, 3.8) is 0 Å². The van der Waals surface area contributed by atoms with Crippen LogP contribution in [0.2, 0.25) is 0 Å². The fourth-order valence-electron chi connectivity index (χ4n) is 2.92. The first-order valence-electron chi connectivity index (χ1n) is 7.62. The second-order valence-electron chi connectivity index (χ2n) is 5.81. The van der Waals surface area contributed by atoms with E-state index < -0.39 is 0 Å². The van der Waals surface area contributed by atoms with Gasteiger partial charge in [-0.05, 0) is 31.0 Å². The van der Waals surface area contributed by atoms with E-state index in [9.17, 15) is 14.4 Å². The van der Waals surface area contributed by atoms with Crippen molar-refractivity contribution < 1.29 is 19.1 Å². The van der Waals surface area contributed by atoms with E-state index in [1.807, 2.05) is 25.1 Å². The van der Waals surface area contributed by atoms with Crippen LogP contribution in [-0.2, 0) is 9.59 Å². The standard InChI is InChI=1S/C16H19N3O4/c1-11-3-2-4-13(7-11)23-10-15(21)18-6-5-12(9-18)19-14(20)8-17-16(19)22/h2-4,7,12H,5-6,8-10H2,1H3,(H,17,22). The third-order valence-corrected chi connectivity index (χ3v) is 4.11. The fraction of sp³-hybridized carbons (Fsp3) is 0.438. The maximum absolute atomic E-state index is 12.2. The molecule has 0 saturated carbocycles. The summed E-state index contributed by atoms with van der Waals surface area (Å²) in [5.41, 5.74) is 1.06. The van der Waals surface area contributed by atoms with Crippen LogP contribution < -0.4 is 10.1 Å². The summed E-state index contributed by atoms with van der Waals surface area (Å²) in [7, 11) is 0. The van der Waals surface area contributed by atoms with E-state index >= 15 is 0 Å². The van der Waals surface area contributed by atoms with Gasteiger partial charge >= 0.3 is 6.03 Å². The van der Waals surface area contributed by atoms with Crippen molar-refractivity contribution in [2.24, 2.45) is 0 Å². The second kappa shape index (κ2) is 6.28. The van der Waals surface area contributed by atoms with Crippen molar-refractivity contribution in [2.75, 3.05) is 26.2 Å². The Kier molecular flexibility index (Phi) is 4.18. The zero-order chi connectivity index (χ0) is 16.4. The predicted octanol–water partition coefficient (Wildman–Crippen LogP) is 0.527. The number of urea groups is 1. The molecule has 2 aliphatic heterocycles. The molecule has 3 rings (SSSR count). The van der Waals surface area contributed by atoms with Crippen LogP contribution in [0.25, 0.3) is 0 Å². The number of nitrogens with one attached hydrogen (secondary N) is 1. The second-order valence-corrected chi connectivity index (χ2v) is 5.81. The van der Waals surface area contributed by atoms with Gasteiger partial charge in [0.25, 0.3) is 5.91 Å². The van der Waals surface area contributed by atoms with E-state index in [0.717, 1.165) is 5.56 Å². The monoisotopic (exact) mass is 317 g/mol. The summed E-state index contributed by atoms with van der Waals surface area (Å²) in [6.07, 6.45) is 0.606. The Labute approximate surface area is 134 Å². The number of carbonyl (C=O) groups is 3. The van der Waals surface area contributed by atoms with Gasteiger partial charge in [-0.25, -0.2) is 4.79 Å². The van der Waals surface area contributed by atoms with E-state index in [4.69, 9.17) is 4.74 Å². The number of amides is 4. The molecule has 1 unspecified atom stereocenters. The van der Waals surface area contributed by atoms with Gasteiger partial charge in [0.1, 0.15) is 5.75 Å². The number of ether oxygens (including phenoxy) is 1. The summed E-state index contributed by atoms with van der Waals surface area (Å²) in [5, 5.41) is 2.50. The van der Waals surface area contributed by atoms with Crippen molar-refractivity contribution in [2.45, 2.75) is 19.4 Å². The average Bonchev–Trinajstić information content (AvgIpc) is 3.12. The molecule has 0 aromatic heterocycles. The molecule has 1 atom stereocenters. The van der Waals surface area contributed by atoms with E-state index in [0.29, 0.717) is 25.3 Å². The Hall–Kier alpha value is -2.57. The number of hydrogen-bond donors (Lipinski definition) is 1. The zero-order valence-electron chi connectivity index (χ0n) is 12.9. The van der Waals surface area contributed by atoms with Gasteiger partial charge in [0.2, 0.25) is 5.91 Å². The van der Waals surface area contributed by atoms with Crippen LogP contribution in [0.4, 0.5) is 4.79 Å². The summed E-state index contributed by atoms with van der Waals surface area (Å²) in [6.45, 7) is 2.85. The molecule has 1 aromatic rings. The Morgan fingerprint density at radius 3 is 2.91 bits per heavy atom. The number of likely N-dealkylation sites (tertiary alicyclic amines) is 1. The molecule has 0 radical (unpaired) electrons. The van der Waals surface area contributed by atoms with Gasteiger partial charge in [-0.3, -0.25) is 14.5 Å². The lowest BCUT2D eigenvalue weighted by Crippen LogP contribution is -2.43. The van der Waals surface area contributed by atoms with Crippen molar-refractivity contribution in [3.8, 4) is 5.75 Å². The quantitative estimate of drug-likeness (QED) is 0.822. The SMILES string of the molecule is Cc1cccc(OCC(=O)N2CCC(N3C(=O)CNC3=O)C2)c1. The fourth-order valence-corrected chi connectivity index (χ4v) is 2.92. The lowest BCUT2D eigenvalue weighted by molar-refractivity contribution is -0.133. The summed E-state index contributed by atoms with van der Waals surface area (Å²) in [5.74, 6) is 0.287. The van der Waals surface area contributed by atoms with Crippen LogP contribution in [0.5, 0.6) is 5.75 Å². The normalized spacial score (nSPS) is 20.8. The third-order valence-electron chi connectivity index (χ3n) is 4.11. The molecule has 2 aliphatic rings. The Morgan fingerprint density at radius 1 is 1.39 bits per heavy atom. The van der Waals surface area contributed by atoms with E-state index in [2.05, 4.69) is 5.32 Å². The predicted molar refractivity (Wildman–Crippen MR) is 81.9 cm³/mol. The number of hydrogen-bond acceptors (Lipinski definition) is 4. The maximum Gasteiger partial charge on any atom is 0.324 e. The van der Waals surface area contributed by atoms with Crippen LogP contribution in [0.1, 0.15) is 12.0 Å². The molecule has 0 spiro atoms. The molecule has 23 heavy (non-hydrogen) atoms. The first-order valence-corrected chi connectivity index (χ1v) is 7.62. The first kappa shape index (κ1) is 15.3. The number of benzene rings is 1. The molecular formula is C16H19N3O4. The smallest absolute Gasteiger partial charge is 0.324 e. The molecule has 2 heterocycles. The lowest BCUT2D eigenvalue weighted by atomic mass is 10.2. The molecular weight excluding hydrogens is 298 g/mol. The summed E-state index contributed by atoms with van der Waals surface area (Å²) in [4.78, 5) is 38.5. The Morgan fingerprint density at radius 2 is 2.22 bits per heavy atom. The third kappa shape index (κ3) is 3.28. The molecule has 2 saturated heterocycles. The van der Waals surface area contributed by atoms with Gasteiger partial charge < -0.3 is 15.0 Å². The van der Waals surface area contributed by atoms with Gasteiger partial charge in [0.15, 0.2) is 6.61 Å². The van der Waals surface area contributed by atoms with E-state index in [1.165, 1.54) is 4.90 Å². The van der Waals surface area contributed by atoms with Crippen molar-refractivity contribution in [1.29, 1.82) is 0 Å². The van der Waals surface area contributed by atoms with Crippen LogP contribution in [0.15, 0.2) is 24.3 Å². The highest BCUT2D eigenvalue weighted by molar-refractivity contribution is 6.02. The van der Waals surface area contributed by atoms with Crippen LogP contribution in [0, 0.1) is 6.92 Å². The van der Waals surface area contributed by atoms with Crippen molar-refractivity contribution in [3.05, 3.63) is 29.8 Å². The summed E-state index contributed by atoms with van der Waals surface area (Å²) < 4.78 is 5.51. The molecule has 0 aliphatic carbocycles. The van der Waals surface area contributed by atoms with Gasteiger partial charge in [0.05, 0.1) is 12.6 Å². The molecule has 0 bridgehead atoms. The lowest BCUT2D eigenvalue weighted by Gasteiger charge is -2.21. The maximum atomic E-state index is 12.2. The highest BCUT2D eigenvalue weighted by Crippen LogP contribution is 2.19. The van der Waals surface area contributed by atoms with Crippen LogP contribution in [-0.4, -0.2) is 59.9 Å². The minimum atomic E-state index is -0.370. The molecule has 4 amide bonds. The largest absolute Gasteiger partial charge is 0.484 e. The molecule has 122 valence electrons. The topological polar surface area (TPSA) is 79.0 Å². The molecule has 7 nitrogen and oxygen atoms in total. The molecule has 1 N–H and O–H groups in total. The Balaban J connectivity index is 1.53. The van der Waals surface area contributed by atoms with Gasteiger partial charge in [-0.15, -0.1) is 0 Å². The number of nitrogens with zero attached hydrogens (tertiary/aromatic N) is 2. The van der Waals surface area contributed by atoms with Gasteiger partial charge in [-0.2, -0.15) is 0 Å². The molecule has 7 heteroatoms. The highest BCUT2D eigenvalue weighted by Gasteiger charge is 2.39. The van der Waals surface area contributed by atoms with Crippen LogP contribution in [0.3, 0.4) is 0 Å². The van der Waals surface area contributed by atoms with Crippen LogP contribution >= 0.6 is 0 Å². The molecule has 2 fully saturated rings. The zero-order valence-corrected chi connectivity index (χ0v) is 12.9. The summed E-state index contributed by atoms with van der Waals surface area (Å²) >= 11 is 0. The van der Waals surface area contributed by atoms with Gasteiger partial charge in [0, 0.05) is 13.1 Å². The van der Waals surface area contributed by atoms with E-state index in [-0.39, 0.29) is 37.0 Å². The minimum Gasteiger partial charge on any atom is -0.484 e. The number of carbonyl (C=O) groups excluding carboxylic acids is 3. The molecule has 1 aromatic carbocycles. The number of imide groups is 1. The Bertz CT molecular complexity index is 630. The van der Waals surface area contributed by atoms with Crippen molar-refractivity contribution >= 4 is 17.8 Å². The minimum absolute atomic E-state index is 0.0414. The number of aryl methyl sites for hydroxylation is 1. The number of rotatable bonds is 4. The first-order chi connectivity index (χ1) is 11.0. The average molecular weight is 317 g/mol. The summed E-state index contributed by atoms with van der Waals surface area (Å²) in [6, 6.07) is 6.89.